The first-order chi connectivity index (χ1) is 10.0. The lowest BCUT2D eigenvalue weighted by Crippen LogP contribution is -2.33. The molecular formula is C16H27N3OS. The molecule has 1 atom stereocenters. The lowest BCUT2D eigenvalue weighted by Gasteiger charge is -2.17. The van der Waals surface area contributed by atoms with Gasteiger partial charge in [0.2, 0.25) is 5.91 Å². The Hall–Kier alpha value is -0.970. The number of nitrogens with zero attached hydrogens (tertiary/aromatic N) is 2. The van der Waals surface area contributed by atoms with E-state index in [1.807, 2.05) is 6.92 Å². The zero-order chi connectivity index (χ0) is 15.4. The minimum atomic E-state index is 0.102. The summed E-state index contributed by atoms with van der Waals surface area (Å²) in [4.78, 5) is 16.6. The Bertz CT molecular complexity index is 492. The summed E-state index contributed by atoms with van der Waals surface area (Å²) in [5, 5.41) is 4.02. The fourth-order valence-corrected chi connectivity index (χ4v) is 3.81. The summed E-state index contributed by atoms with van der Waals surface area (Å²) in [7, 11) is 0. The Morgan fingerprint density at radius 2 is 2.10 bits per heavy atom. The standard InChI is InChI=1S/C16H27N3OS/c1-5-11(2)17-15(20)10-21-16-18-12(3)13(4)19(16)14-8-6-7-9-14/h11,14H,5-10H2,1-4H3,(H,17,20)/t11-/m1/s1. The van der Waals surface area contributed by atoms with Crippen LogP contribution in [-0.2, 0) is 4.79 Å². The van der Waals surface area contributed by atoms with Crippen molar-refractivity contribution in [3.63, 3.8) is 0 Å². The number of thioether (sulfide) groups is 1. The molecular weight excluding hydrogens is 282 g/mol. The molecule has 118 valence electrons. The third-order valence-electron chi connectivity index (χ3n) is 4.40. The maximum absolute atomic E-state index is 11.9. The van der Waals surface area contributed by atoms with Crippen molar-refractivity contribution in [1.29, 1.82) is 0 Å². The predicted octanol–water partition coefficient (Wildman–Crippen LogP) is 3.62. The van der Waals surface area contributed by atoms with Crippen LogP contribution in [0.3, 0.4) is 0 Å². The van der Waals surface area contributed by atoms with E-state index in [-0.39, 0.29) is 11.9 Å². The summed E-state index contributed by atoms with van der Waals surface area (Å²) in [5.74, 6) is 0.554. The van der Waals surface area contributed by atoms with E-state index in [2.05, 4.69) is 35.6 Å². The molecule has 1 amide bonds. The van der Waals surface area contributed by atoms with E-state index in [0.717, 1.165) is 17.3 Å². The highest BCUT2D eigenvalue weighted by molar-refractivity contribution is 7.99. The highest BCUT2D eigenvalue weighted by Gasteiger charge is 2.23. The third-order valence-corrected chi connectivity index (χ3v) is 5.35. The van der Waals surface area contributed by atoms with Crippen LogP contribution in [0.2, 0.25) is 0 Å². The zero-order valence-corrected chi connectivity index (χ0v) is 14.4. The highest BCUT2D eigenvalue weighted by atomic mass is 32.2. The normalized spacial score (nSPS) is 17.1. The number of rotatable bonds is 6. The summed E-state index contributed by atoms with van der Waals surface area (Å²) in [6.07, 6.45) is 6.05. The highest BCUT2D eigenvalue weighted by Crippen LogP contribution is 2.35. The number of nitrogens with one attached hydrogen (secondary N) is 1. The van der Waals surface area contributed by atoms with Crippen molar-refractivity contribution in [2.45, 2.75) is 77.0 Å². The fourth-order valence-electron chi connectivity index (χ4n) is 2.84. The molecule has 1 aliphatic carbocycles. The average Bonchev–Trinajstić information content (AvgIpc) is 3.06. The Kier molecular flexibility index (Phi) is 5.73. The smallest absolute Gasteiger partial charge is 0.230 e. The topological polar surface area (TPSA) is 46.9 Å². The van der Waals surface area contributed by atoms with Crippen molar-refractivity contribution in [2.24, 2.45) is 0 Å². The molecule has 0 aromatic carbocycles. The Morgan fingerprint density at radius 1 is 1.43 bits per heavy atom. The Labute approximate surface area is 132 Å². The quantitative estimate of drug-likeness (QED) is 0.816. The van der Waals surface area contributed by atoms with E-state index in [9.17, 15) is 4.79 Å². The van der Waals surface area contributed by atoms with Crippen LogP contribution in [0.15, 0.2) is 5.16 Å². The second-order valence-electron chi connectivity index (χ2n) is 6.04. The summed E-state index contributed by atoms with van der Waals surface area (Å²) >= 11 is 1.57. The van der Waals surface area contributed by atoms with Gasteiger partial charge in [0.25, 0.3) is 0 Å². The molecule has 21 heavy (non-hydrogen) atoms. The predicted molar refractivity (Wildman–Crippen MR) is 87.8 cm³/mol. The van der Waals surface area contributed by atoms with Crippen LogP contribution in [0, 0.1) is 13.8 Å². The van der Waals surface area contributed by atoms with E-state index < -0.39 is 0 Å². The number of imidazole rings is 1. The van der Waals surface area contributed by atoms with E-state index in [0.29, 0.717) is 11.8 Å². The third kappa shape index (κ3) is 4.02. The number of carbonyl (C=O) groups excluding carboxylic acids is 1. The van der Waals surface area contributed by atoms with Gasteiger partial charge >= 0.3 is 0 Å². The number of amides is 1. The maximum Gasteiger partial charge on any atom is 0.230 e. The van der Waals surface area contributed by atoms with Crippen molar-refractivity contribution in [3.8, 4) is 0 Å². The van der Waals surface area contributed by atoms with Crippen LogP contribution in [0.25, 0.3) is 0 Å². The second kappa shape index (κ2) is 7.34. The molecule has 0 aliphatic heterocycles. The van der Waals surface area contributed by atoms with Gasteiger partial charge in [-0.15, -0.1) is 0 Å². The van der Waals surface area contributed by atoms with Gasteiger partial charge < -0.3 is 9.88 Å². The van der Waals surface area contributed by atoms with Gasteiger partial charge in [0.05, 0.1) is 11.4 Å². The van der Waals surface area contributed by atoms with Crippen LogP contribution in [0.4, 0.5) is 0 Å². The minimum Gasteiger partial charge on any atom is -0.353 e. The molecule has 5 heteroatoms. The zero-order valence-electron chi connectivity index (χ0n) is 13.6. The van der Waals surface area contributed by atoms with Gasteiger partial charge in [0.1, 0.15) is 0 Å². The van der Waals surface area contributed by atoms with Crippen molar-refractivity contribution < 1.29 is 4.79 Å². The van der Waals surface area contributed by atoms with Gasteiger partial charge in [-0.25, -0.2) is 4.98 Å². The Morgan fingerprint density at radius 3 is 2.71 bits per heavy atom. The van der Waals surface area contributed by atoms with Gasteiger partial charge in [-0.2, -0.15) is 0 Å². The molecule has 1 aliphatic rings. The summed E-state index contributed by atoms with van der Waals surface area (Å²) in [5.41, 5.74) is 2.35. The largest absolute Gasteiger partial charge is 0.353 e. The number of hydrogen-bond acceptors (Lipinski definition) is 3. The molecule has 2 rings (SSSR count). The van der Waals surface area contributed by atoms with Gasteiger partial charge in [0.15, 0.2) is 5.16 Å². The van der Waals surface area contributed by atoms with Crippen LogP contribution >= 0.6 is 11.8 Å². The lowest BCUT2D eigenvalue weighted by molar-refractivity contribution is -0.119. The van der Waals surface area contributed by atoms with Gasteiger partial charge in [-0.1, -0.05) is 31.5 Å². The van der Waals surface area contributed by atoms with E-state index in [1.54, 1.807) is 11.8 Å². The van der Waals surface area contributed by atoms with Crippen molar-refractivity contribution >= 4 is 17.7 Å². The average molecular weight is 309 g/mol. The summed E-state index contributed by atoms with van der Waals surface area (Å²) in [6, 6.07) is 0.822. The fraction of sp³-hybridized carbons (Fsp3) is 0.750. The monoisotopic (exact) mass is 309 g/mol. The SMILES string of the molecule is CC[C@@H](C)NC(=O)CSc1nc(C)c(C)n1C1CCCC1. The molecule has 4 nitrogen and oxygen atoms in total. The van der Waals surface area contributed by atoms with Gasteiger partial charge in [0, 0.05) is 17.8 Å². The van der Waals surface area contributed by atoms with Gasteiger partial charge in [-0.3, -0.25) is 4.79 Å². The van der Waals surface area contributed by atoms with Crippen LogP contribution in [0.1, 0.15) is 63.4 Å². The first-order valence-electron chi connectivity index (χ1n) is 8.00. The number of aryl methyl sites for hydroxylation is 1. The molecule has 0 saturated heterocycles. The molecule has 1 fully saturated rings. The van der Waals surface area contributed by atoms with E-state index >= 15 is 0 Å². The minimum absolute atomic E-state index is 0.102. The van der Waals surface area contributed by atoms with Crippen molar-refractivity contribution in [1.82, 2.24) is 14.9 Å². The molecule has 0 bridgehead atoms. The Balaban J connectivity index is 2.02. The molecule has 0 spiro atoms. The molecule has 0 unspecified atom stereocenters. The molecule has 1 aromatic rings. The summed E-state index contributed by atoms with van der Waals surface area (Å²) < 4.78 is 2.36. The molecule has 1 N–H and O–H groups in total. The number of hydrogen-bond donors (Lipinski definition) is 1. The second-order valence-corrected chi connectivity index (χ2v) is 6.98. The van der Waals surface area contributed by atoms with Crippen molar-refractivity contribution in [3.05, 3.63) is 11.4 Å². The van der Waals surface area contributed by atoms with Crippen molar-refractivity contribution in [2.75, 3.05) is 5.75 Å². The molecule has 1 saturated carbocycles. The first-order valence-corrected chi connectivity index (χ1v) is 8.99. The molecule has 0 radical (unpaired) electrons. The number of carbonyl (C=O) groups is 1. The summed E-state index contributed by atoms with van der Waals surface area (Å²) in [6.45, 7) is 8.32. The lowest BCUT2D eigenvalue weighted by atomic mass is 10.2. The first kappa shape index (κ1) is 16.4. The van der Waals surface area contributed by atoms with Gasteiger partial charge in [-0.05, 0) is 40.0 Å². The maximum atomic E-state index is 11.9. The molecule has 1 aromatic heterocycles. The van der Waals surface area contributed by atoms with Crippen LogP contribution < -0.4 is 5.32 Å². The van der Waals surface area contributed by atoms with E-state index in [1.165, 1.54) is 31.4 Å². The van der Waals surface area contributed by atoms with E-state index in [4.69, 9.17) is 0 Å². The van der Waals surface area contributed by atoms with Crippen LogP contribution in [0.5, 0.6) is 0 Å². The number of aromatic nitrogens is 2. The molecule has 1 heterocycles. The van der Waals surface area contributed by atoms with Crippen LogP contribution in [-0.4, -0.2) is 27.3 Å².